The van der Waals surface area contributed by atoms with E-state index in [4.69, 9.17) is 5.26 Å². The molecule has 0 radical (unpaired) electrons. The molecule has 1 N–H and O–H groups in total. The first-order chi connectivity index (χ1) is 6.72. The zero-order valence-corrected chi connectivity index (χ0v) is 7.53. The average molecular weight is 185 g/mol. The lowest BCUT2D eigenvalue weighted by molar-refractivity contribution is 0.101. The van der Waals surface area contributed by atoms with Gasteiger partial charge in [-0.15, -0.1) is 0 Å². The maximum Gasteiger partial charge on any atom is 0.170 e. The second-order valence-electron chi connectivity index (χ2n) is 3.00. The number of benzene rings is 1. The number of hydrogen-bond donors (Lipinski definition) is 1. The first-order valence-electron chi connectivity index (χ1n) is 4.11. The molecule has 4 nitrogen and oxygen atoms in total. The average Bonchev–Trinajstić information content (AvgIpc) is 2.59. The van der Waals surface area contributed by atoms with Gasteiger partial charge in [0, 0.05) is 10.9 Å². The standard InChI is InChI=1S/C10H7N3O/c1-6(14)7-2-3-8-9(4-7)12-13-10(8)5-11/h2-4H,1H3,(H,12,13). The van der Waals surface area contributed by atoms with Crippen molar-refractivity contribution in [2.45, 2.75) is 6.92 Å². The van der Waals surface area contributed by atoms with E-state index < -0.39 is 0 Å². The van der Waals surface area contributed by atoms with E-state index in [-0.39, 0.29) is 5.78 Å². The normalized spacial score (nSPS) is 10.0. The third-order valence-electron chi connectivity index (χ3n) is 2.08. The lowest BCUT2D eigenvalue weighted by atomic mass is 10.1. The summed E-state index contributed by atoms with van der Waals surface area (Å²) in [5.41, 5.74) is 1.69. The fraction of sp³-hybridized carbons (Fsp3) is 0.100. The van der Waals surface area contributed by atoms with Crippen LogP contribution >= 0.6 is 0 Å². The minimum atomic E-state index is 0.00000709. The van der Waals surface area contributed by atoms with Crippen LogP contribution in [0.2, 0.25) is 0 Å². The molecule has 0 aliphatic carbocycles. The smallest absolute Gasteiger partial charge is 0.170 e. The topological polar surface area (TPSA) is 69.5 Å². The van der Waals surface area contributed by atoms with Gasteiger partial charge in [0.05, 0.1) is 5.52 Å². The first kappa shape index (κ1) is 8.45. The maximum absolute atomic E-state index is 11.1. The summed E-state index contributed by atoms with van der Waals surface area (Å²) >= 11 is 0. The number of fused-ring (bicyclic) bond motifs is 1. The van der Waals surface area contributed by atoms with Gasteiger partial charge in [0.15, 0.2) is 11.5 Å². The Balaban J connectivity index is 2.70. The number of hydrogen-bond acceptors (Lipinski definition) is 3. The molecule has 68 valence electrons. The number of carbonyl (C=O) groups is 1. The Morgan fingerprint density at radius 1 is 1.57 bits per heavy atom. The minimum Gasteiger partial charge on any atom is -0.295 e. The predicted molar refractivity (Wildman–Crippen MR) is 50.8 cm³/mol. The van der Waals surface area contributed by atoms with E-state index in [1.807, 2.05) is 6.07 Å². The number of nitrogens with one attached hydrogen (secondary N) is 1. The SMILES string of the molecule is CC(=O)c1ccc2c(C#N)n[nH]c2c1. The van der Waals surface area contributed by atoms with Crippen LogP contribution < -0.4 is 0 Å². The molecular formula is C10H7N3O. The molecule has 0 unspecified atom stereocenters. The Morgan fingerprint density at radius 3 is 3.00 bits per heavy atom. The molecule has 0 aliphatic heterocycles. The van der Waals surface area contributed by atoms with Crippen molar-refractivity contribution in [2.24, 2.45) is 0 Å². The summed E-state index contributed by atoms with van der Waals surface area (Å²) in [4.78, 5) is 11.1. The van der Waals surface area contributed by atoms with Gasteiger partial charge >= 0.3 is 0 Å². The van der Waals surface area contributed by atoms with Crippen LogP contribution in [0.15, 0.2) is 18.2 Å². The molecule has 0 saturated heterocycles. The second-order valence-corrected chi connectivity index (χ2v) is 3.00. The summed E-state index contributed by atoms with van der Waals surface area (Å²) < 4.78 is 0. The molecule has 0 bridgehead atoms. The van der Waals surface area contributed by atoms with Crippen molar-refractivity contribution in [1.29, 1.82) is 5.26 Å². The molecule has 1 aromatic heterocycles. The highest BCUT2D eigenvalue weighted by molar-refractivity contribution is 5.98. The quantitative estimate of drug-likeness (QED) is 0.686. The summed E-state index contributed by atoms with van der Waals surface area (Å²) in [7, 11) is 0. The van der Waals surface area contributed by atoms with Gasteiger partial charge in [-0.2, -0.15) is 10.4 Å². The summed E-state index contributed by atoms with van der Waals surface area (Å²) in [5.74, 6) is 0.00000709. The lowest BCUT2D eigenvalue weighted by Crippen LogP contribution is -1.90. The summed E-state index contributed by atoms with van der Waals surface area (Å²) in [6, 6.07) is 7.10. The molecule has 0 fully saturated rings. The first-order valence-corrected chi connectivity index (χ1v) is 4.11. The number of rotatable bonds is 1. The fourth-order valence-corrected chi connectivity index (χ4v) is 1.32. The molecule has 14 heavy (non-hydrogen) atoms. The van der Waals surface area contributed by atoms with Crippen LogP contribution in [-0.2, 0) is 0 Å². The van der Waals surface area contributed by atoms with Crippen LogP contribution in [0, 0.1) is 11.3 Å². The Morgan fingerprint density at radius 2 is 2.36 bits per heavy atom. The molecule has 1 aromatic carbocycles. The third kappa shape index (κ3) is 1.15. The highest BCUT2D eigenvalue weighted by Gasteiger charge is 2.06. The van der Waals surface area contributed by atoms with Crippen molar-refractivity contribution in [3.8, 4) is 6.07 Å². The number of ketones is 1. The summed E-state index contributed by atoms with van der Waals surface area (Å²) in [5, 5.41) is 16.0. The highest BCUT2D eigenvalue weighted by Crippen LogP contribution is 2.16. The predicted octanol–water partition coefficient (Wildman–Crippen LogP) is 1.64. The van der Waals surface area contributed by atoms with Crippen molar-refractivity contribution in [3.63, 3.8) is 0 Å². The number of aromatic nitrogens is 2. The van der Waals surface area contributed by atoms with Gasteiger partial charge in [0.2, 0.25) is 0 Å². The van der Waals surface area contributed by atoms with Gasteiger partial charge in [-0.3, -0.25) is 9.89 Å². The van der Waals surface area contributed by atoms with Crippen molar-refractivity contribution in [1.82, 2.24) is 10.2 Å². The molecule has 2 rings (SSSR count). The van der Waals surface area contributed by atoms with Crippen LogP contribution in [0.3, 0.4) is 0 Å². The van der Waals surface area contributed by atoms with E-state index in [2.05, 4.69) is 10.2 Å². The van der Waals surface area contributed by atoms with Crippen LogP contribution in [0.1, 0.15) is 23.0 Å². The van der Waals surface area contributed by atoms with Crippen molar-refractivity contribution < 1.29 is 4.79 Å². The van der Waals surface area contributed by atoms with Crippen LogP contribution in [0.4, 0.5) is 0 Å². The van der Waals surface area contributed by atoms with Crippen molar-refractivity contribution in [3.05, 3.63) is 29.5 Å². The number of carbonyl (C=O) groups excluding carboxylic acids is 1. The molecule has 1 heterocycles. The number of nitrogens with zero attached hydrogens (tertiary/aromatic N) is 2. The van der Waals surface area contributed by atoms with Gasteiger partial charge in [0.25, 0.3) is 0 Å². The summed E-state index contributed by atoms with van der Waals surface area (Å²) in [6.45, 7) is 1.50. The monoisotopic (exact) mass is 185 g/mol. The molecule has 2 aromatic rings. The molecule has 0 atom stereocenters. The zero-order chi connectivity index (χ0) is 10.1. The fourth-order valence-electron chi connectivity index (χ4n) is 1.32. The number of nitriles is 1. The van der Waals surface area contributed by atoms with E-state index in [1.165, 1.54) is 6.92 Å². The van der Waals surface area contributed by atoms with Crippen molar-refractivity contribution >= 4 is 16.7 Å². The van der Waals surface area contributed by atoms with E-state index in [0.29, 0.717) is 16.8 Å². The van der Waals surface area contributed by atoms with E-state index in [1.54, 1.807) is 18.2 Å². The van der Waals surface area contributed by atoms with E-state index >= 15 is 0 Å². The molecule has 0 amide bonds. The van der Waals surface area contributed by atoms with E-state index in [0.717, 1.165) is 5.39 Å². The van der Waals surface area contributed by atoms with Gasteiger partial charge in [0.1, 0.15) is 6.07 Å². The van der Waals surface area contributed by atoms with E-state index in [9.17, 15) is 4.79 Å². The van der Waals surface area contributed by atoms with Crippen LogP contribution in [0.5, 0.6) is 0 Å². The Kier molecular flexibility index (Phi) is 1.79. The number of H-pyrrole nitrogens is 1. The molecule has 0 aliphatic rings. The summed E-state index contributed by atoms with van der Waals surface area (Å²) in [6.07, 6.45) is 0. The molecule has 0 spiro atoms. The molecular weight excluding hydrogens is 178 g/mol. The highest BCUT2D eigenvalue weighted by atomic mass is 16.1. The molecule has 0 saturated carbocycles. The minimum absolute atomic E-state index is 0.00000709. The van der Waals surface area contributed by atoms with Gasteiger partial charge in [-0.05, 0) is 19.1 Å². The zero-order valence-electron chi connectivity index (χ0n) is 7.53. The number of Topliss-reactive ketones (excluding diaryl/α,β-unsaturated/α-hetero) is 1. The van der Waals surface area contributed by atoms with Crippen LogP contribution in [0.25, 0.3) is 10.9 Å². The third-order valence-corrected chi connectivity index (χ3v) is 2.08. The molecule has 4 heteroatoms. The van der Waals surface area contributed by atoms with Gasteiger partial charge < -0.3 is 0 Å². The largest absolute Gasteiger partial charge is 0.295 e. The van der Waals surface area contributed by atoms with Gasteiger partial charge in [-0.25, -0.2) is 0 Å². The Hall–Kier alpha value is -2.15. The lowest BCUT2D eigenvalue weighted by Gasteiger charge is -1.94. The Labute approximate surface area is 80.2 Å². The Bertz CT molecular complexity index is 548. The maximum atomic E-state index is 11.1. The van der Waals surface area contributed by atoms with Crippen molar-refractivity contribution in [2.75, 3.05) is 0 Å². The van der Waals surface area contributed by atoms with Crippen LogP contribution in [-0.4, -0.2) is 16.0 Å². The van der Waals surface area contributed by atoms with Gasteiger partial charge in [-0.1, -0.05) is 6.07 Å². The number of aromatic amines is 1. The second kappa shape index (κ2) is 2.96.